The molecule has 0 aromatic heterocycles. The van der Waals surface area contributed by atoms with Crippen LogP contribution in [0.15, 0.2) is 78.9 Å². The lowest BCUT2D eigenvalue weighted by Crippen LogP contribution is -2.01. The molecule has 128 valence electrons. The summed E-state index contributed by atoms with van der Waals surface area (Å²) < 4.78 is 5.83. The van der Waals surface area contributed by atoms with Crippen molar-refractivity contribution >= 4 is 0 Å². The van der Waals surface area contributed by atoms with E-state index < -0.39 is 0 Å². The van der Waals surface area contributed by atoms with Crippen LogP contribution < -0.4 is 4.74 Å². The van der Waals surface area contributed by atoms with Crippen molar-refractivity contribution in [2.75, 3.05) is 0 Å². The van der Waals surface area contributed by atoms with Crippen LogP contribution in [0, 0.1) is 0 Å². The third-order valence-electron chi connectivity index (χ3n) is 4.24. The Hall–Kier alpha value is -2.58. The highest BCUT2D eigenvalue weighted by molar-refractivity contribution is 5.64. The van der Waals surface area contributed by atoms with Gasteiger partial charge >= 0.3 is 0 Å². The predicted octanol–water partition coefficient (Wildman–Crippen LogP) is 5.25. The molecule has 0 saturated carbocycles. The minimum absolute atomic E-state index is 0.247. The number of aliphatic hydroxyl groups is 1. The van der Waals surface area contributed by atoms with Crippen molar-refractivity contribution in [3.05, 3.63) is 90.0 Å². The first-order chi connectivity index (χ1) is 12.2. The van der Waals surface area contributed by atoms with Gasteiger partial charge in [0.1, 0.15) is 12.4 Å². The van der Waals surface area contributed by atoms with E-state index in [0.29, 0.717) is 6.61 Å². The molecule has 0 fully saturated rings. The molecule has 3 aromatic carbocycles. The van der Waals surface area contributed by atoms with E-state index in [1.807, 2.05) is 37.3 Å². The maximum absolute atomic E-state index is 9.38. The molecule has 1 atom stereocenters. The van der Waals surface area contributed by atoms with E-state index in [-0.39, 0.29) is 6.10 Å². The summed E-state index contributed by atoms with van der Waals surface area (Å²) in [7, 11) is 0. The molecule has 0 saturated heterocycles. The minimum Gasteiger partial charge on any atom is -0.489 e. The maximum Gasteiger partial charge on any atom is 0.119 e. The summed E-state index contributed by atoms with van der Waals surface area (Å²) >= 11 is 0. The van der Waals surface area contributed by atoms with Crippen LogP contribution in [-0.4, -0.2) is 11.2 Å². The Morgan fingerprint density at radius 3 is 1.96 bits per heavy atom. The van der Waals surface area contributed by atoms with E-state index in [9.17, 15) is 5.11 Å². The number of rotatable bonds is 7. The first kappa shape index (κ1) is 17.2. The Morgan fingerprint density at radius 2 is 1.36 bits per heavy atom. The molecular weight excluding hydrogens is 308 g/mol. The first-order valence-electron chi connectivity index (χ1n) is 8.75. The van der Waals surface area contributed by atoms with Gasteiger partial charge in [0.2, 0.25) is 0 Å². The van der Waals surface area contributed by atoms with E-state index in [1.54, 1.807) is 0 Å². The average molecular weight is 332 g/mol. The normalized spacial score (nSPS) is 11.9. The highest BCUT2D eigenvalue weighted by Crippen LogP contribution is 2.23. The number of hydrogen-bond donors (Lipinski definition) is 1. The summed E-state index contributed by atoms with van der Waals surface area (Å²) in [5, 5.41) is 9.38. The Labute approximate surface area is 149 Å². The van der Waals surface area contributed by atoms with Crippen molar-refractivity contribution in [2.45, 2.75) is 32.5 Å². The number of benzene rings is 3. The quantitative estimate of drug-likeness (QED) is 0.640. The number of ether oxygens (including phenoxy) is 1. The molecule has 3 aromatic rings. The van der Waals surface area contributed by atoms with Crippen LogP contribution in [0.3, 0.4) is 0 Å². The molecule has 0 aliphatic heterocycles. The lowest BCUT2D eigenvalue weighted by molar-refractivity contribution is 0.185. The van der Waals surface area contributed by atoms with Gasteiger partial charge in [0.25, 0.3) is 0 Å². The van der Waals surface area contributed by atoms with Gasteiger partial charge in [-0.2, -0.15) is 0 Å². The summed E-state index contributed by atoms with van der Waals surface area (Å²) in [5.41, 5.74) is 4.79. The van der Waals surface area contributed by atoms with Gasteiger partial charge in [0.05, 0.1) is 6.10 Å². The molecule has 25 heavy (non-hydrogen) atoms. The molecule has 0 heterocycles. The number of hydrogen-bond acceptors (Lipinski definition) is 2. The van der Waals surface area contributed by atoms with Crippen LogP contribution in [0.2, 0.25) is 0 Å². The highest BCUT2D eigenvalue weighted by Gasteiger charge is 2.02. The molecule has 1 unspecified atom stereocenters. The topological polar surface area (TPSA) is 29.5 Å². The van der Waals surface area contributed by atoms with Crippen molar-refractivity contribution in [1.82, 2.24) is 0 Å². The van der Waals surface area contributed by atoms with Crippen LogP contribution in [0.4, 0.5) is 0 Å². The number of aliphatic hydroxyl groups excluding tert-OH is 1. The van der Waals surface area contributed by atoms with Crippen LogP contribution in [0.1, 0.15) is 24.5 Å². The fourth-order valence-corrected chi connectivity index (χ4v) is 2.72. The van der Waals surface area contributed by atoms with E-state index in [4.69, 9.17) is 4.74 Å². The molecule has 2 heteroatoms. The fourth-order valence-electron chi connectivity index (χ4n) is 2.72. The molecule has 0 aliphatic carbocycles. The van der Waals surface area contributed by atoms with E-state index >= 15 is 0 Å². The molecule has 0 amide bonds. The minimum atomic E-state index is -0.247. The van der Waals surface area contributed by atoms with Gasteiger partial charge in [0, 0.05) is 0 Å². The van der Waals surface area contributed by atoms with E-state index in [0.717, 1.165) is 18.6 Å². The van der Waals surface area contributed by atoms with Gasteiger partial charge in [-0.25, -0.2) is 0 Å². The Bertz CT molecular complexity index is 759. The molecule has 1 N–H and O–H groups in total. The first-order valence-corrected chi connectivity index (χ1v) is 8.75. The Kier molecular flexibility index (Phi) is 5.86. The number of aryl methyl sites for hydroxylation is 1. The van der Waals surface area contributed by atoms with Crippen LogP contribution >= 0.6 is 0 Å². The lowest BCUT2D eigenvalue weighted by atomic mass is 10.0. The summed E-state index contributed by atoms with van der Waals surface area (Å²) in [4.78, 5) is 0. The predicted molar refractivity (Wildman–Crippen MR) is 103 cm³/mol. The van der Waals surface area contributed by atoms with E-state index in [2.05, 4.69) is 48.5 Å². The Morgan fingerprint density at radius 1 is 0.760 bits per heavy atom. The second kappa shape index (κ2) is 8.50. The third kappa shape index (κ3) is 5.20. The molecule has 0 aliphatic rings. The molecular formula is C23H24O2. The maximum atomic E-state index is 9.38. The van der Waals surface area contributed by atoms with Crippen LogP contribution in [0.5, 0.6) is 5.75 Å². The third-order valence-corrected chi connectivity index (χ3v) is 4.24. The summed E-state index contributed by atoms with van der Waals surface area (Å²) in [6.45, 7) is 2.41. The molecule has 2 nitrogen and oxygen atoms in total. The summed E-state index contributed by atoms with van der Waals surface area (Å²) in [6.07, 6.45) is 1.46. The zero-order valence-electron chi connectivity index (χ0n) is 14.6. The van der Waals surface area contributed by atoms with Crippen LogP contribution in [-0.2, 0) is 13.0 Å². The van der Waals surface area contributed by atoms with Crippen molar-refractivity contribution in [3.63, 3.8) is 0 Å². The van der Waals surface area contributed by atoms with Crippen molar-refractivity contribution in [3.8, 4) is 16.9 Å². The van der Waals surface area contributed by atoms with Gasteiger partial charge in [-0.3, -0.25) is 0 Å². The van der Waals surface area contributed by atoms with Gasteiger partial charge in [-0.1, -0.05) is 66.7 Å². The van der Waals surface area contributed by atoms with Crippen molar-refractivity contribution in [1.29, 1.82) is 0 Å². The summed E-state index contributed by atoms with van der Waals surface area (Å²) in [6, 6.07) is 26.9. The lowest BCUT2D eigenvalue weighted by Gasteiger charge is -2.09. The zero-order chi connectivity index (χ0) is 17.5. The van der Waals surface area contributed by atoms with Crippen molar-refractivity contribution < 1.29 is 9.84 Å². The van der Waals surface area contributed by atoms with Gasteiger partial charge < -0.3 is 9.84 Å². The largest absolute Gasteiger partial charge is 0.489 e. The smallest absolute Gasteiger partial charge is 0.119 e. The van der Waals surface area contributed by atoms with Crippen molar-refractivity contribution in [2.24, 2.45) is 0 Å². The monoisotopic (exact) mass is 332 g/mol. The zero-order valence-corrected chi connectivity index (χ0v) is 14.6. The average Bonchev–Trinajstić information content (AvgIpc) is 2.66. The molecule has 3 rings (SSSR count). The van der Waals surface area contributed by atoms with Gasteiger partial charge in [-0.15, -0.1) is 0 Å². The standard InChI is InChI=1S/C23H24O2/c1-18(24)7-8-19-9-11-21(12-10-19)22-13-15-23(16-14-22)25-17-20-5-3-2-4-6-20/h2-6,9-16,18,24H,7-8,17H2,1H3. The molecule has 0 bridgehead atoms. The van der Waals surface area contributed by atoms with Gasteiger partial charge in [0.15, 0.2) is 0 Å². The van der Waals surface area contributed by atoms with Gasteiger partial charge in [-0.05, 0) is 54.2 Å². The summed E-state index contributed by atoms with van der Waals surface area (Å²) in [5.74, 6) is 0.876. The fraction of sp³-hybridized carbons (Fsp3) is 0.217. The molecule has 0 radical (unpaired) electrons. The Balaban J connectivity index is 1.60. The highest BCUT2D eigenvalue weighted by atomic mass is 16.5. The van der Waals surface area contributed by atoms with E-state index in [1.165, 1.54) is 22.3 Å². The SMILES string of the molecule is CC(O)CCc1ccc(-c2ccc(OCc3ccccc3)cc2)cc1. The molecule has 0 spiro atoms. The second-order valence-corrected chi connectivity index (χ2v) is 6.38. The second-order valence-electron chi connectivity index (χ2n) is 6.38. The van der Waals surface area contributed by atoms with Crippen LogP contribution in [0.25, 0.3) is 11.1 Å².